The molecule has 0 bridgehead atoms. The Balaban J connectivity index is 2.87. The summed E-state index contributed by atoms with van der Waals surface area (Å²) < 4.78 is 39.7. The van der Waals surface area contributed by atoms with E-state index in [0.717, 1.165) is 6.07 Å². The van der Waals surface area contributed by atoms with E-state index in [-0.39, 0.29) is 15.7 Å². The van der Waals surface area contributed by atoms with Crippen LogP contribution in [-0.2, 0) is 11.2 Å². The Labute approximate surface area is 102 Å². The fourth-order valence-electron chi connectivity index (χ4n) is 1.04. The van der Waals surface area contributed by atoms with Gasteiger partial charge in [-0.15, -0.1) is 13.2 Å². The molecule has 0 atom stereocenters. The first kappa shape index (κ1) is 13.1. The van der Waals surface area contributed by atoms with Crippen LogP contribution < -0.4 is 4.74 Å². The smallest absolute Gasteiger partial charge is 0.481 e. The van der Waals surface area contributed by atoms with Crippen LogP contribution in [0.25, 0.3) is 0 Å². The van der Waals surface area contributed by atoms with Crippen molar-refractivity contribution in [3.63, 3.8) is 0 Å². The van der Waals surface area contributed by atoms with Gasteiger partial charge in [-0.25, -0.2) is 0 Å². The lowest BCUT2D eigenvalue weighted by Crippen LogP contribution is -2.17. The van der Waals surface area contributed by atoms with Crippen molar-refractivity contribution in [3.05, 3.63) is 27.3 Å². The van der Waals surface area contributed by atoms with Gasteiger partial charge in [0.1, 0.15) is 5.75 Å². The molecule has 0 fully saturated rings. The molecule has 0 aliphatic rings. The van der Waals surface area contributed by atoms with E-state index in [1.54, 1.807) is 22.6 Å². The van der Waals surface area contributed by atoms with Gasteiger partial charge in [-0.1, -0.05) is 6.07 Å². The highest BCUT2D eigenvalue weighted by atomic mass is 127. The molecule has 7 heteroatoms. The van der Waals surface area contributed by atoms with Crippen molar-refractivity contribution in [2.45, 2.75) is 12.8 Å². The molecular formula is C9H6F3IO3. The van der Waals surface area contributed by atoms with E-state index in [1.165, 1.54) is 12.1 Å². The highest BCUT2D eigenvalue weighted by Crippen LogP contribution is 2.28. The maximum Gasteiger partial charge on any atom is 0.573 e. The minimum Gasteiger partial charge on any atom is -0.481 e. The number of carbonyl (C=O) groups is 1. The summed E-state index contributed by atoms with van der Waals surface area (Å²) in [5, 5.41) is 8.50. The third-order valence-corrected chi connectivity index (χ3v) is 2.42. The number of carboxylic acid groups (broad SMARTS) is 1. The van der Waals surface area contributed by atoms with E-state index in [9.17, 15) is 18.0 Å². The molecule has 88 valence electrons. The standard InChI is InChI=1S/C9H6F3IO3/c10-9(11,12)16-7-2-1-5(3-6(7)13)4-8(14)15/h1-3H,4H2,(H,14,15). The Hall–Kier alpha value is -0.990. The summed E-state index contributed by atoms with van der Waals surface area (Å²) in [4.78, 5) is 10.4. The second kappa shape index (κ2) is 4.89. The molecule has 1 aromatic carbocycles. The van der Waals surface area contributed by atoms with Crippen LogP contribution in [0.5, 0.6) is 5.75 Å². The molecule has 1 aromatic rings. The number of halogens is 4. The van der Waals surface area contributed by atoms with E-state index in [0.29, 0.717) is 5.56 Å². The van der Waals surface area contributed by atoms with Gasteiger partial charge < -0.3 is 9.84 Å². The van der Waals surface area contributed by atoms with Crippen LogP contribution in [0.2, 0.25) is 0 Å². The van der Waals surface area contributed by atoms with Gasteiger partial charge in [0, 0.05) is 0 Å². The quantitative estimate of drug-likeness (QED) is 0.857. The first-order chi connectivity index (χ1) is 7.28. The molecule has 0 radical (unpaired) electrons. The molecule has 16 heavy (non-hydrogen) atoms. The van der Waals surface area contributed by atoms with Gasteiger partial charge in [0.25, 0.3) is 0 Å². The van der Waals surface area contributed by atoms with Gasteiger partial charge in [0.05, 0.1) is 9.99 Å². The molecule has 0 unspecified atom stereocenters. The summed E-state index contributed by atoms with van der Waals surface area (Å²) in [7, 11) is 0. The minimum absolute atomic E-state index is 0.216. The lowest BCUT2D eigenvalue weighted by atomic mass is 10.1. The summed E-state index contributed by atoms with van der Waals surface area (Å²) >= 11 is 1.65. The normalized spacial score (nSPS) is 11.2. The maximum absolute atomic E-state index is 11.9. The maximum atomic E-state index is 11.9. The Bertz CT molecular complexity index is 403. The second-order valence-corrected chi connectivity index (χ2v) is 4.05. The summed E-state index contributed by atoms with van der Waals surface area (Å²) in [6.07, 6.45) is -4.98. The predicted molar refractivity (Wildman–Crippen MR) is 57.2 cm³/mol. The zero-order valence-electron chi connectivity index (χ0n) is 7.71. The minimum atomic E-state index is -4.74. The number of rotatable bonds is 3. The van der Waals surface area contributed by atoms with Crippen LogP contribution in [0.4, 0.5) is 13.2 Å². The molecule has 0 saturated carbocycles. The zero-order valence-corrected chi connectivity index (χ0v) is 9.87. The van der Waals surface area contributed by atoms with Crippen molar-refractivity contribution in [1.29, 1.82) is 0 Å². The fourth-order valence-corrected chi connectivity index (χ4v) is 1.73. The van der Waals surface area contributed by atoms with Crippen LogP contribution in [0.3, 0.4) is 0 Å². The Morgan fingerprint density at radius 1 is 1.44 bits per heavy atom. The van der Waals surface area contributed by atoms with E-state index in [2.05, 4.69) is 4.74 Å². The molecule has 1 rings (SSSR count). The SMILES string of the molecule is O=C(O)Cc1ccc(OC(F)(F)F)c(I)c1. The van der Waals surface area contributed by atoms with Crippen molar-refractivity contribution in [2.75, 3.05) is 0 Å². The summed E-state index contributed by atoms with van der Waals surface area (Å²) in [5.41, 5.74) is 0.423. The monoisotopic (exact) mass is 346 g/mol. The van der Waals surface area contributed by atoms with Crippen LogP contribution >= 0.6 is 22.6 Å². The number of carboxylic acids is 1. The van der Waals surface area contributed by atoms with Crippen LogP contribution in [0, 0.1) is 3.57 Å². The van der Waals surface area contributed by atoms with Crippen LogP contribution in [0.1, 0.15) is 5.56 Å². The topological polar surface area (TPSA) is 46.5 Å². The zero-order chi connectivity index (χ0) is 12.3. The van der Waals surface area contributed by atoms with Gasteiger partial charge in [-0.2, -0.15) is 0 Å². The van der Waals surface area contributed by atoms with Crippen molar-refractivity contribution >= 4 is 28.6 Å². The van der Waals surface area contributed by atoms with E-state index in [1.807, 2.05) is 0 Å². The van der Waals surface area contributed by atoms with E-state index in [4.69, 9.17) is 5.11 Å². The van der Waals surface area contributed by atoms with E-state index < -0.39 is 12.3 Å². The predicted octanol–water partition coefficient (Wildman–Crippen LogP) is 2.82. The van der Waals surface area contributed by atoms with Crippen molar-refractivity contribution < 1.29 is 27.8 Å². The number of hydrogen-bond acceptors (Lipinski definition) is 2. The molecule has 0 spiro atoms. The van der Waals surface area contributed by atoms with Gasteiger partial charge in [0.2, 0.25) is 0 Å². The average Bonchev–Trinajstić information content (AvgIpc) is 2.06. The molecule has 0 amide bonds. The van der Waals surface area contributed by atoms with Crippen molar-refractivity contribution in [3.8, 4) is 5.75 Å². The highest BCUT2D eigenvalue weighted by Gasteiger charge is 2.31. The number of hydrogen-bond donors (Lipinski definition) is 1. The van der Waals surface area contributed by atoms with Crippen molar-refractivity contribution in [2.24, 2.45) is 0 Å². The van der Waals surface area contributed by atoms with Crippen LogP contribution in [-0.4, -0.2) is 17.4 Å². The van der Waals surface area contributed by atoms with E-state index >= 15 is 0 Å². The van der Waals surface area contributed by atoms with Crippen molar-refractivity contribution in [1.82, 2.24) is 0 Å². The summed E-state index contributed by atoms with van der Waals surface area (Å²) in [6, 6.07) is 3.74. The second-order valence-electron chi connectivity index (χ2n) is 2.88. The van der Waals surface area contributed by atoms with Gasteiger partial charge in [-0.3, -0.25) is 4.79 Å². The molecule has 0 aliphatic heterocycles. The number of aliphatic carboxylic acids is 1. The summed E-state index contributed by atoms with van der Waals surface area (Å²) in [5.74, 6) is -1.37. The largest absolute Gasteiger partial charge is 0.573 e. The average molecular weight is 346 g/mol. The lowest BCUT2D eigenvalue weighted by Gasteiger charge is -2.11. The molecule has 0 aliphatic carbocycles. The third kappa shape index (κ3) is 4.25. The Morgan fingerprint density at radius 3 is 2.50 bits per heavy atom. The number of alkyl halides is 3. The van der Waals surface area contributed by atoms with Gasteiger partial charge in [0.15, 0.2) is 0 Å². The third-order valence-electron chi connectivity index (χ3n) is 1.58. The Kier molecular flexibility index (Phi) is 4.00. The van der Waals surface area contributed by atoms with Gasteiger partial charge >= 0.3 is 12.3 Å². The molecule has 0 saturated heterocycles. The Morgan fingerprint density at radius 2 is 2.06 bits per heavy atom. The molecule has 0 heterocycles. The number of ether oxygens (including phenoxy) is 1. The molecule has 0 aromatic heterocycles. The summed E-state index contributed by atoms with van der Waals surface area (Å²) in [6.45, 7) is 0. The fraction of sp³-hybridized carbons (Fsp3) is 0.222. The lowest BCUT2D eigenvalue weighted by molar-refractivity contribution is -0.275. The molecule has 1 N–H and O–H groups in total. The van der Waals surface area contributed by atoms with Crippen LogP contribution in [0.15, 0.2) is 18.2 Å². The van der Waals surface area contributed by atoms with Gasteiger partial charge in [-0.05, 0) is 40.3 Å². The highest BCUT2D eigenvalue weighted by molar-refractivity contribution is 14.1. The molecule has 3 nitrogen and oxygen atoms in total. The first-order valence-corrected chi connectivity index (χ1v) is 5.12. The molecular weight excluding hydrogens is 340 g/mol. The number of benzene rings is 1. The first-order valence-electron chi connectivity index (χ1n) is 4.04.